The zero-order valence-corrected chi connectivity index (χ0v) is 10.4. The minimum absolute atomic E-state index is 0.242. The third-order valence-electron chi connectivity index (χ3n) is 2.25. The number of carbonyl (C=O) groups is 1. The lowest BCUT2D eigenvalue weighted by atomic mass is 10.1. The molecule has 94 valence electrons. The van der Waals surface area contributed by atoms with Crippen molar-refractivity contribution >= 4 is 5.91 Å². The minimum Gasteiger partial charge on any atom is -0.286 e. The van der Waals surface area contributed by atoms with E-state index in [1.54, 1.807) is 24.3 Å². The van der Waals surface area contributed by atoms with Gasteiger partial charge in [0.1, 0.15) is 0 Å². The minimum atomic E-state index is -0.259. The van der Waals surface area contributed by atoms with Crippen molar-refractivity contribution in [3.63, 3.8) is 0 Å². The normalized spacial score (nSPS) is 11.5. The second-order valence-corrected chi connectivity index (χ2v) is 3.58. The van der Waals surface area contributed by atoms with Crippen LogP contribution < -0.4 is 0 Å². The number of carbonyl (C=O) groups excluding carboxylic acids is 1. The summed E-state index contributed by atoms with van der Waals surface area (Å²) in [5.74, 6) is -0.259. The number of allylic oxidation sites excluding steroid dienone is 5. The van der Waals surface area contributed by atoms with E-state index in [0.717, 1.165) is 17.1 Å². The van der Waals surface area contributed by atoms with E-state index in [2.05, 4.69) is 13.2 Å². The van der Waals surface area contributed by atoms with E-state index in [-0.39, 0.29) is 12.5 Å². The van der Waals surface area contributed by atoms with E-state index in [1.807, 2.05) is 13.0 Å². The summed E-state index contributed by atoms with van der Waals surface area (Å²) in [7, 11) is 0. The molecule has 0 aromatic carbocycles. The van der Waals surface area contributed by atoms with Crippen LogP contribution in [0.3, 0.4) is 0 Å². The van der Waals surface area contributed by atoms with Gasteiger partial charge in [-0.1, -0.05) is 43.5 Å². The molecule has 3 heteroatoms. The standard InChI is InChI=1S/C14H21NO2/c1-4-7-12-15(17)14(16)11-8-10-13(6-3)9-5-2/h4-7,9,17H,2-3,8,10-12H2,1H3/b7-4+,13-9+. The quantitative estimate of drug-likeness (QED) is 0.303. The van der Waals surface area contributed by atoms with E-state index in [0.29, 0.717) is 12.8 Å². The van der Waals surface area contributed by atoms with Gasteiger partial charge in [0, 0.05) is 6.42 Å². The van der Waals surface area contributed by atoms with Crippen LogP contribution in [-0.2, 0) is 4.79 Å². The van der Waals surface area contributed by atoms with Gasteiger partial charge in [-0.25, -0.2) is 5.06 Å². The summed E-state index contributed by atoms with van der Waals surface area (Å²) >= 11 is 0. The van der Waals surface area contributed by atoms with Gasteiger partial charge in [-0.2, -0.15) is 0 Å². The van der Waals surface area contributed by atoms with Crippen LogP contribution in [-0.4, -0.2) is 22.7 Å². The van der Waals surface area contributed by atoms with Crippen LogP contribution in [0.4, 0.5) is 0 Å². The number of hydroxylamine groups is 2. The Morgan fingerprint density at radius 1 is 1.35 bits per heavy atom. The second-order valence-electron chi connectivity index (χ2n) is 3.58. The molecule has 17 heavy (non-hydrogen) atoms. The Labute approximate surface area is 103 Å². The van der Waals surface area contributed by atoms with Crippen molar-refractivity contribution in [1.29, 1.82) is 0 Å². The van der Waals surface area contributed by atoms with Crippen LogP contribution in [0.2, 0.25) is 0 Å². The lowest BCUT2D eigenvalue weighted by molar-refractivity contribution is -0.162. The zero-order chi connectivity index (χ0) is 13.1. The maximum atomic E-state index is 11.5. The molecule has 0 unspecified atom stereocenters. The van der Waals surface area contributed by atoms with Gasteiger partial charge in [0.2, 0.25) is 5.91 Å². The van der Waals surface area contributed by atoms with Gasteiger partial charge in [-0.05, 0) is 25.3 Å². The molecule has 0 atom stereocenters. The molecule has 0 spiro atoms. The van der Waals surface area contributed by atoms with E-state index < -0.39 is 0 Å². The third kappa shape index (κ3) is 7.30. The van der Waals surface area contributed by atoms with E-state index >= 15 is 0 Å². The lowest BCUT2D eigenvalue weighted by Crippen LogP contribution is -2.27. The van der Waals surface area contributed by atoms with Gasteiger partial charge in [0.05, 0.1) is 6.54 Å². The summed E-state index contributed by atoms with van der Waals surface area (Å²) in [6, 6.07) is 0. The molecule has 0 aliphatic rings. The highest BCUT2D eigenvalue weighted by atomic mass is 16.5. The smallest absolute Gasteiger partial charge is 0.246 e. The second kappa shape index (κ2) is 9.60. The molecular weight excluding hydrogens is 214 g/mol. The Balaban J connectivity index is 3.95. The Bertz CT molecular complexity index is 316. The van der Waals surface area contributed by atoms with Crippen molar-refractivity contribution in [1.82, 2.24) is 5.06 Å². The fourth-order valence-electron chi connectivity index (χ4n) is 1.28. The zero-order valence-electron chi connectivity index (χ0n) is 10.4. The summed E-state index contributed by atoms with van der Waals surface area (Å²) in [5, 5.41) is 10.1. The van der Waals surface area contributed by atoms with Gasteiger partial charge in [0.15, 0.2) is 0 Å². The Morgan fingerprint density at radius 3 is 2.59 bits per heavy atom. The maximum absolute atomic E-state index is 11.5. The van der Waals surface area contributed by atoms with Crippen LogP contribution in [0.5, 0.6) is 0 Å². The molecule has 3 nitrogen and oxygen atoms in total. The fourth-order valence-corrected chi connectivity index (χ4v) is 1.28. The molecule has 1 N–H and O–H groups in total. The van der Waals surface area contributed by atoms with Crippen molar-refractivity contribution in [2.24, 2.45) is 0 Å². The predicted molar refractivity (Wildman–Crippen MR) is 70.6 cm³/mol. The number of nitrogens with zero attached hydrogens (tertiary/aromatic N) is 1. The number of amides is 1. The monoisotopic (exact) mass is 235 g/mol. The largest absolute Gasteiger partial charge is 0.286 e. The first kappa shape index (κ1) is 15.4. The molecule has 0 heterocycles. The van der Waals surface area contributed by atoms with E-state index in [4.69, 9.17) is 0 Å². The molecule has 1 amide bonds. The first-order valence-corrected chi connectivity index (χ1v) is 5.70. The molecule has 0 aliphatic carbocycles. The molecule has 0 aromatic rings. The average Bonchev–Trinajstić information content (AvgIpc) is 2.34. The Morgan fingerprint density at radius 2 is 2.06 bits per heavy atom. The van der Waals surface area contributed by atoms with Gasteiger partial charge in [-0.15, -0.1) is 0 Å². The van der Waals surface area contributed by atoms with Gasteiger partial charge >= 0.3 is 0 Å². The number of rotatable bonds is 8. The molecule has 0 radical (unpaired) electrons. The molecule has 0 aliphatic heterocycles. The molecule has 0 saturated carbocycles. The van der Waals surface area contributed by atoms with Crippen molar-refractivity contribution in [2.45, 2.75) is 26.2 Å². The molecular formula is C14H21NO2. The molecule has 0 aromatic heterocycles. The van der Waals surface area contributed by atoms with Crippen LogP contribution in [0.1, 0.15) is 26.2 Å². The summed E-state index contributed by atoms with van der Waals surface area (Å²) < 4.78 is 0. The highest BCUT2D eigenvalue weighted by Crippen LogP contribution is 2.09. The van der Waals surface area contributed by atoms with E-state index in [1.165, 1.54) is 0 Å². The lowest BCUT2D eigenvalue weighted by Gasteiger charge is -2.12. The Kier molecular flexibility index (Phi) is 8.69. The first-order valence-electron chi connectivity index (χ1n) is 5.70. The number of hydrogen-bond donors (Lipinski definition) is 1. The van der Waals surface area contributed by atoms with Crippen LogP contribution in [0.25, 0.3) is 0 Å². The highest BCUT2D eigenvalue weighted by molar-refractivity contribution is 5.75. The van der Waals surface area contributed by atoms with Crippen molar-refractivity contribution in [2.75, 3.05) is 6.54 Å². The van der Waals surface area contributed by atoms with Crippen molar-refractivity contribution in [3.8, 4) is 0 Å². The maximum Gasteiger partial charge on any atom is 0.246 e. The SMILES string of the molecule is C=C/C=C(\C=C)CCCC(=O)N(O)C/C=C/C. The Hall–Kier alpha value is -1.61. The van der Waals surface area contributed by atoms with Gasteiger partial charge < -0.3 is 0 Å². The van der Waals surface area contributed by atoms with Crippen LogP contribution >= 0.6 is 0 Å². The summed E-state index contributed by atoms with van der Waals surface area (Å²) in [6.45, 7) is 9.37. The van der Waals surface area contributed by atoms with Crippen molar-refractivity contribution in [3.05, 3.63) is 49.1 Å². The van der Waals surface area contributed by atoms with Gasteiger partial charge in [0.25, 0.3) is 0 Å². The molecule has 0 fully saturated rings. The predicted octanol–water partition coefficient (Wildman–Crippen LogP) is 3.25. The third-order valence-corrected chi connectivity index (χ3v) is 2.25. The summed E-state index contributed by atoms with van der Waals surface area (Å²) in [4.78, 5) is 11.5. The van der Waals surface area contributed by atoms with E-state index in [9.17, 15) is 10.0 Å². The summed E-state index contributed by atoms with van der Waals surface area (Å²) in [6.07, 6.45) is 10.6. The topological polar surface area (TPSA) is 40.5 Å². The van der Waals surface area contributed by atoms with Crippen LogP contribution in [0.15, 0.2) is 49.1 Å². The molecule has 0 rings (SSSR count). The molecule has 0 bridgehead atoms. The summed E-state index contributed by atoms with van der Waals surface area (Å²) in [5.41, 5.74) is 1.05. The average molecular weight is 235 g/mol. The van der Waals surface area contributed by atoms with Gasteiger partial charge in [-0.3, -0.25) is 10.0 Å². The fraction of sp³-hybridized carbons (Fsp3) is 0.357. The van der Waals surface area contributed by atoms with Crippen LogP contribution in [0, 0.1) is 0 Å². The molecule has 0 saturated heterocycles. The first-order chi connectivity index (χ1) is 8.15. The van der Waals surface area contributed by atoms with Crippen molar-refractivity contribution < 1.29 is 10.0 Å². The number of hydrogen-bond acceptors (Lipinski definition) is 2. The highest BCUT2D eigenvalue weighted by Gasteiger charge is 2.08.